The van der Waals surface area contributed by atoms with Gasteiger partial charge in [-0.2, -0.15) is 13.2 Å². The number of halogens is 3. The van der Waals surface area contributed by atoms with Gasteiger partial charge in [0.05, 0.1) is 0 Å². The second-order valence-electron chi connectivity index (χ2n) is 4.38. The molecule has 7 heteroatoms. The van der Waals surface area contributed by atoms with Crippen LogP contribution < -0.4 is 15.4 Å². The van der Waals surface area contributed by atoms with E-state index in [2.05, 4.69) is 15.4 Å². The Morgan fingerprint density at radius 3 is 2.40 bits per heavy atom. The van der Waals surface area contributed by atoms with Gasteiger partial charge < -0.3 is 15.4 Å². The van der Waals surface area contributed by atoms with Crippen molar-refractivity contribution >= 4 is 11.6 Å². The summed E-state index contributed by atoms with van der Waals surface area (Å²) in [7, 11) is 1.75. The maximum Gasteiger partial charge on any atom is 0.422 e. The molecule has 4 nitrogen and oxygen atoms in total. The molecular formula is C13H17F3N2O2. The largest absolute Gasteiger partial charge is 0.484 e. The molecule has 1 aromatic carbocycles. The maximum absolute atomic E-state index is 12.0. The van der Waals surface area contributed by atoms with Crippen molar-refractivity contribution in [1.29, 1.82) is 0 Å². The number of nitrogens with one attached hydrogen (secondary N) is 2. The lowest BCUT2D eigenvalue weighted by atomic mass is 10.1. The van der Waals surface area contributed by atoms with Crippen LogP contribution in [0.3, 0.4) is 0 Å². The number of benzene rings is 1. The molecule has 2 N–H and O–H groups in total. The van der Waals surface area contributed by atoms with Crippen LogP contribution >= 0.6 is 0 Å². The summed E-state index contributed by atoms with van der Waals surface area (Å²) in [5.74, 6) is -0.270. The van der Waals surface area contributed by atoms with E-state index in [4.69, 9.17) is 0 Å². The van der Waals surface area contributed by atoms with Gasteiger partial charge >= 0.3 is 6.18 Å². The second kappa shape index (κ2) is 7.14. The zero-order valence-electron chi connectivity index (χ0n) is 11.3. The average Bonchev–Trinajstić information content (AvgIpc) is 2.37. The van der Waals surface area contributed by atoms with E-state index in [1.54, 1.807) is 14.0 Å². The molecule has 0 bridgehead atoms. The lowest BCUT2D eigenvalue weighted by Gasteiger charge is -2.12. The summed E-state index contributed by atoms with van der Waals surface area (Å²) < 4.78 is 40.5. The molecule has 1 rings (SSSR count). The quantitative estimate of drug-likeness (QED) is 0.846. The van der Waals surface area contributed by atoms with E-state index >= 15 is 0 Å². The summed E-state index contributed by atoms with van der Waals surface area (Å²) in [6, 6.07) is 5.75. The van der Waals surface area contributed by atoms with Crippen molar-refractivity contribution in [2.75, 3.05) is 25.5 Å². The SMILES string of the molecule is CNCC(C)C(=O)Nc1ccc(OCC(F)(F)F)cc1. The van der Waals surface area contributed by atoms with Crippen molar-refractivity contribution in [3.05, 3.63) is 24.3 Å². The summed E-state index contributed by atoms with van der Waals surface area (Å²) >= 11 is 0. The fraction of sp³-hybridized carbons (Fsp3) is 0.462. The highest BCUT2D eigenvalue weighted by Gasteiger charge is 2.28. The monoisotopic (exact) mass is 290 g/mol. The van der Waals surface area contributed by atoms with E-state index in [0.29, 0.717) is 12.2 Å². The van der Waals surface area contributed by atoms with E-state index in [1.165, 1.54) is 24.3 Å². The summed E-state index contributed by atoms with van der Waals surface area (Å²) in [4.78, 5) is 11.7. The van der Waals surface area contributed by atoms with Crippen LogP contribution in [0.15, 0.2) is 24.3 Å². The number of anilines is 1. The molecule has 0 saturated heterocycles. The predicted octanol–water partition coefficient (Wildman–Crippen LogP) is 2.42. The zero-order valence-corrected chi connectivity index (χ0v) is 11.3. The highest BCUT2D eigenvalue weighted by molar-refractivity contribution is 5.92. The molecule has 0 radical (unpaired) electrons. The van der Waals surface area contributed by atoms with Gasteiger partial charge in [-0.1, -0.05) is 6.92 Å². The molecular weight excluding hydrogens is 273 g/mol. The third kappa shape index (κ3) is 5.92. The third-order valence-corrected chi connectivity index (χ3v) is 2.48. The molecule has 0 spiro atoms. The van der Waals surface area contributed by atoms with Crippen molar-refractivity contribution in [2.24, 2.45) is 5.92 Å². The van der Waals surface area contributed by atoms with Gasteiger partial charge in [-0.3, -0.25) is 4.79 Å². The molecule has 0 aliphatic heterocycles. The Bertz CT molecular complexity index is 432. The van der Waals surface area contributed by atoms with E-state index in [1.807, 2.05) is 0 Å². The maximum atomic E-state index is 12.0. The van der Waals surface area contributed by atoms with Crippen LogP contribution in [-0.4, -0.2) is 32.3 Å². The minimum Gasteiger partial charge on any atom is -0.484 e. The van der Waals surface area contributed by atoms with Crippen molar-refractivity contribution < 1.29 is 22.7 Å². The van der Waals surface area contributed by atoms with Gasteiger partial charge in [-0.05, 0) is 31.3 Å². The highest BCUT2D eigenvalue weighted by atomic mass is 19.4. The van der Waals surface area contributed by atoms with Gasteiger partial charge in [0.2, 0.25) is 5.91 Å². The van der Waals surface area contributed by atoms with Crippen LogP contribution in [0.2, 0.25) is 0 Å². The molecule has 0 aliphatic rings. The van der Waals surface area contributed by atoms with Gasteiger partial charge in [-0.15, -0.1) is 0 Å². The lowest BCUT2D eigenvalue weighted by molar-refractivity contribution is -0.153. The molecule has 1 aromatic rings. The Morgan fingerprint density at radius 1 is 1.30 bits per heavy atom. The predicted molar refractivity (Wildman–Crippen MR) is 69.7 cm³/mol. The third-order valence-electron chi connectivity index (χ3n) is 2.48. The lowest BCUT2D eigenvalue weighted by Crippen LogP contribution is -2.28. The highest BCUT2D eigenvalue weighted by Crippen LogP contribution is 2.20. The van der Waals surface area contributed by atoms with E-state index in [-0.39, 0.29) is 17.6 Å². The van der Waals surface area contributed by atoms with Crippen molar-refractivity contribution in [1.82, 2.24) is 5.32 Å². The second-order valence-corrected chi connectivity index (χ2v) is 4.38. The average molecular weight is 290 g/mol. The molecule has 0 aromatic heterocycles. The van der Waals surface area contributed by atoms with Gasteiger partial charge in [0, 0.05) is 18.2 Å². The minimum atomic E-state index is -4.37. The number of hydrogen-bond donors (Lipinski definition) is 2. The first-order chi connectivity index (χ1) is 9.31. The van der Waals surface area contributed by atoms with Gasteiger partial charge in [0.25, 0.3) is 0 Å². The summed E-state index contributed by atoms with van der Waals surface area (Å²) in [5, 5.41) is 5.56. The van der Waals surface area contributed by atoms with E-state index < -0.39 is 12.8 Å². The molecule has 1 unspecified atom stereocenters. The first-order valence-electron chi connectivity index (χ1n) is 6.07. The van der Waals surface area contributed by atoms with Crippen LogP contribution in [-0.2, 0) is 4.79 Å². The number of amides is 1. The van der Waals surface area contributed by atoms with Gasteiger partial charge in [0.1, 0.15) is 5.75 Å². The molecule has 20 heavy (non-hydrogen) atoms. The van der Waals surface area contributed by atoms with Crippen molar-refractivity contribution in [3.63, 3.8) is 0 Å². The first-order valence-corrected chi connectivity index (χ1v) is 6.07. The Labute approximate surface area is 115 Å². The normalized spacial score (nSPS) is 12.8. The molecule has 112 valence electrons. The van der Waals surface area contributed by atoms with E-state index in [0.717, 1.165) is 0 Å². The van der Waals surface area contributed by atoms with Gasteiger partial charge in [0.15, 0.2) is 6.61 Å². The Hall–Kier alpha value is -1.76. The number of rotatable bonds is 6. The Balaban J connectivity index is 2.52. The van der Waals surface area contributed by atoms with E-state index in [9.17, 15) is 18.0 Å². The number of ether oxygens (including phenoxy) is 1. The van der Waals surface area contributed by atoms with Crippen LogP contribution in [0.4, 0.5) is 18.9 Å². The number of alkyl halides is 3. The van der Waals surface area contributed by atoms with Crippen molar-refractivity contribution in [3.8, 4) is 5.75 Å². The molecule has 1 amide bonds. The fourth-order valence-electron chi connectivity index (χ4n) is 1.46. The van der Waals surface area contributed by atoms with Crippen molar-refractivity contribution in [2.45, 2.75) is 13.1 Å². The molecule has 0 heterocycles. The standard InChI is InChI=1S/C13H17F3N2O2/c1-9(7-17-2)12(19)18-10-3-5-11(6-4-10)20-8-13(14,15)16/h3-6,9,17H,7-8H2,1-2H3,(H,18,19). The first kappa shape index (κ1) is 16.3. The summed E-state index contributed by atoms with van der Waals surface area (Å²) in [5.41, 5.74) is 0.511. The molecule has 1 atom stereocenters. The molecule has 0 aliphatic carbocycles. The topological polar surface area (TPSA) is 50.4 Å². The molecule has 0 fully saturated rings. The Kier molecular flexibility index (Phi) is 5.82. The van der Waals surface area contributed by atoms with Gasteiger partial charge in [-0.25, -0.2) is 0 Å². The van der Waals surface area contributed by atoms with Crippen LogP contribution in [0.25, 0.3) is 0 Å². The number of hydrogen-bond acceptors (Lipinski definition) is 3. The van der Waals surface area contributed by atoms with Crippen LogP contribution in [0, 0.1) is 5.92 Å². The fourth-order valence-corrected chi connectivity index (χ4v) is 1.46. The number of carbonyl (C=O) groups excluding carboxylic acids is 1. The van der Waals surface area contributed by atoms with Crippen LogP contribution in [0.1, 0.15) is 6.92 Å². The minimum absolute atomic E-state index is 0.101. The summed E-state index contributed by atoms with van der Waals surface area (Å²) in [6.07, 6.45) is -4.37. The smallest absolute Gasteiger partial charge is 0.422 e. The van der Waals surface area contributed by atoms with Crippen LogP contribution in [0.5, 0.6) is 5.75 Å². The summed E-state index contributed by atoms with van der Waals surface area (Å²) in [6.45, 7) is 0.975. The number of carbonyl (C=O) groups is 1. The molecule has 0 saturated carbocycles. The Morgan fingerprint density at radius 2 is 1.90 bits per heavy atom. The zero-order chi connectivity index (χ0) is 15.2.